The highest BCUT2D eigenvalue weighted by atomic mass is 15.3. The van der Waals surface area contributed by atoms with Gasteiger partial charge >= 0.3 is 0 Å². The first-order valence-electron chi connectivity index (χ1n) is 9.61. The van der Waals surface area contributed by atoms with Crippen molar-refractivity contribution in [2.75, 3.05) is 42.9 Å². The summed E-state index contributed by atoms with van der Waals surface area (Å²) in [5, 5.41) is 4.74. The molecule has 1 aliphatic heterocycles. The van der Waals surface area contributed by atoms with Crippen LogP contribution in [0.4, 0.5) is 11.5 Å². The summed E-state index contributed by atoms with van der Waals surface area (Å²) in [6, 6.07) is 16.7. The van der Waals surface area contributed by atoms with Crippen molar-refractivity contribution in [3.63, 3.8) is 0 Å². The molecule has 3 heterocycles. The fraction of sp³-hybridized carbons (Fsp3) is 0.364. The normalized spacial score (nSPS) is 15.9. The van der Waals surface area contributed by atoms with Crippen LogP contribution in [0.25, 0.3) is 10.9 Å². The van der Waals surface area contributed by atoms with Crippen molar-refractivity contribution >= 4 is 22.4 Å². The maximum Gasteiger partial charge on any atom is 0.152 e. The number of nitrogens with one attached hydrogen (secondary N) is 1. The summed E-state index contributed by atoms with van der Waals surface area (Å²) < 4.78 is 0. The molecule has 5 heteroatoms. The molecule has 0 unspecified atom stereocenters. The molecule has 1 saturated heterocycles. The van der Waals surface area contributed by atoms with Crippen molar-refractivity contribution in [2.45, 2.75) is 19.4 Å². The number of hydrogen-bond acceptors (Lipinski definition) is 5. The van der Waals surface area contributed by atoms with E-state index in [-0.39, 0.29) is 5.54 Å². The molecule has 27 heavy (non-hydrogen) atoms. The number of anilines is 2. The zero-order valence-electron chi connectivity index (χ0n) is 16.1. The van der Waals surface area contributed by atoms with Gasteiger partial charge in [-0.25, -0.2) is 4.98 Å². The zero-order chi connectivity index (χ0) is 18.7. The highest BCUT2D eigenvalue weighted by Crippen LogP contribution is 2.23. The number of pyridine rings is 2. The van der Waals surface area contributed by atoms with Crippen molar-refractivity contribution < 1.29 is 0 Å². The third-order valence-electron chi connectivity index (χ3n) is 5.09. The van der Waals surface area contributed by atoms with Gasteiger partial charge in [0.05, 0.1) is 0 Å². The van der Waals surface area contributed by atoms with Crippen molar-refractivity contribution in [1.29, 1.82) is 0 Å². The fourth-order valence-corrected chi connectivity index (χ4v) is 3.82. The second kappa shape index (κ2) is 7.53. The SMILES string of the molecule is CC(C)(CN1CCN(c2ccccc2)CC1)Nc1nccc2cccnc12. The van der Waals surface area contributed by atoms with Crippen LogP contribution < -0.4 is 10.2 Å². The van der Waals surface area contributed by atoms with Crippen LogP contribution in [-0.4, -0.2) is 53.1 Å². The lowest BCUT2D eigenvalue weighted by Crippen LogP contribution is -2.52. The Morgan fingerprint density at radius 1 is 0.889 bits per heavy atom. The second-order valence-electron chi connectivity index (χ2n) is 7.84. The first-order valence-corrected chi connectivity index (χ1v) is 9.61. The van der Waals surface area contributed by atoms with Gasteiger partial charge in [-0.2, -0.15) is 0 Å². The van der Waals surface area contributed by atoms with Crippen molar-refractivity contribution in [1.82, 2.24) is 14.9 Å². The van der Waals surface area contributed by atoms with E-state index in [9.17, 15) is 0 Å². The number of benzene rings is 1. The average Bonchev–Trinajstić information content (AvgIpc) is 2.69. The van der Waals surface area contributed by atoms with Crippen molar-refractivity contribution in [2.24, 2.45) is 0 Å². The molecule has 0 amide bonds. The van der Waals surface area contributed by atoms with E-state index >= 15 is 0 Å². The minimum atomic E-state index is -0.0896. The lowest BCUT2D eigenvalue weighted by molar-refractivity contribution is 0.222. The van der Waals surface area contributed by atoms with Crippen molar-refractivity contribution in [3.05, 3.63) is 60.9 Å². The molecule has 5 nitrogen and oxygen atoms in total. The van der Waals surface area contributed by atoms with Crippen LogP contribution in [0.1, 0.15) is 13.8 Å². The van der Waals surface area contributed by atoms with Crippen LogP contribution in [0.15, 0.2) is 60.9 Å². The molecular formula is C22H27N5. The summed E-state index contributed by atoms with van der Waals surface area (Å²) in [5.41, 5.74) is 2.16. The van der Waals surface area contributed by atoms with E-state index in [4.69, 9.17) is 0 Å². The topological polar surface area (TPSA) is 44.3 Å². The van der Waals surface area contributed by atoms with Gasteiger partial charge in [-0.1, -0.05) is 24.3 Å². The van der Waals surface area contributed by atoms with Gasteiger partial charge in [0.1, 0.15) is 5.52 Å². The van der Waals surface area contributed by atoms with Crippen LogP contribution in [0, 0.1) is 0 Å². The third-order valence-corrected chi connectivity index (χ3v) is 5.09. The van der Waals surface area contributed by atoms with E-state index in [1.165, 1.54) is 5.69 Å². The molecule has 1 N–H and O–H groups in total. The van der Waals surface area contributed by atoms with E-state index in [1.807, 2.05) is 24.5 Å². The highest BCUT2D eigenvalue weighted by Gasteiger charge is 2.26. The highest BCUT2D eigenvalue weighted by molar-refractivity contribution is 5.87. The van der Waals surface area contributed by atoms with Gasteiger partial charge < -0.3 is 10.2 Å². The summed E-state index contributed by atoms with van der Waals surface area (Å²) in [4.78, 5) is 14.0. The van der Waals surface area contributed by atoms with Gasteiger partial charge in [-0.3, -0.25) is 9.88 Å². The zero-order valence-corrected chi connectivity index (χ0v) is 16.1. The van der Waals surface area contributed by atoms with Gasteiger partial charge in [0.15, 0.2) is 5.82 Å². The van der Waals surface area contributed by atoms with E-state index in [0.29, 0.717) is 0 Å². The first-order chi connectivity index (χ1) is 13.1. The molecule has 0 aliphatic carbocycles. The van der Waals surface area contributed by atoms with Gasteiger partial charge in [0.2, 0.25) is 0 Å². The van der Waals surface area contributed by atoms with Gasteiger partial charge in [-0.15, -0.1) is 0 Å². The quantitative estimate of drug-likeness (QED) is 0.752. The van der Waals surface area contributed by atoms with Crippen molar-refractivity contribution in [3.8, 4) is 0 Å². The predicted molar refractivity (Wildman–Crippen MR) is 112 cm³/mol. The molecule has 1 aliphatic rings. The number of fused-ring (bicyclic) bond motifs is 1. The molecule has 2 aromatic heterocycles. The molecular weight excluding hydrogens is 334 g/mol. The molecule has 4 rings (SSSR count). The smallest absolute Gasteiger partial charge is 0.152 e. The second-order valence-corrected chi connectivity index (χ2v) is 7.84. The molecule has 1 fully saturated rings. The minimum Gasteiger partial charge on any atom is -0.369 e. The molecule has 1 aromatic carbocycles. The molecule has 0 radical (unpaired) electrons. The van der Waals surface area contributed by atoms with Crippen LogP contribution in [0.3, 0.4) is 0 Å². The maximum atomic E-state index is 4.54. The maximum absolute atomic E-state index is 4.54. The van der Waals surface area contributed by atoms with E-state index < -0.39 is 0 Å². The summed E-state index contributed by atoms with van der Waals surface area (Å²) in [6.45, 7) is 9.71. The third kappa shape index (κ3) is 4.19. The molecule has 0 spiro atoms. The molecule has 3 aromatic rings. The lowest BCUT2D eigenvalue weighted by Gasteiger charge is -2.40. The average molecular weight is 361 g/mol. The predicted octanol–water partition coefficient (Wildman–Crippen LogP) is 3.64. The Bertz CT molecular complexity index is 880. The summed E-state index contributed by atoms with van der Waals surface area (Å²) in [5.74, 6) is 0.862. The Morgan fingerprint density at radius 3 is 2.44 bits per heavy atom. The summed E-state index contributed by atoms with van der Waals surface area (Å²) in [6.07, 6.45) is 3.67. The molecule has 140 valence electrons. The van der Waals surface area contributed by atoms with Crippen LogP contribution >= 0.6 is 0 Å². The van der Waals surface area contributed by atoms with E-state index in [1.54, 1.807) is 0 Å². The first kappa shape index (κ1) is 17.7. The Hall–Kier alpha value is -2.66. The van der Waals surface area contributed by atoms with Gasteiger partial charge in [-0.05, 0) is 38.1 Å². The Kier molecular flexibility index (Phi) is 4.94. The Morgan fingerprint density at radius 2 is 1.67 bits per heavy atom. The minimum absolute atomic E-state index is 0.0896. The lowest BCUT2D eigenvalue weighted by atomic mass is 10.0. The Balaban J connectivity index is 1.39. The van der Waals surface area contributed by atoms with E-state index in [2.05, 4.69) is 75.3 Å². The number of rotatable bonds is 5. The molecule has 0 atom stereocenters. The molecule has 0 bridgehead atoms. The number of nitrogens with zero attached hydrogens (tertiary/aromatic N) is 4. The van der Waals surface area contributed by atoms with Crippen LogP contribution in [-0.2, 0) is 0 Å². The monoisotopic (exact) mass is 361 g/mol. The fourth-order valence-electron chi connectivity index (χ4n) is 3.82. The number of piperazine rings is 1. The summed E-state index contributed by atoms with van der Waals surface area (Å²) >= 11 is 0. The number of aromatic nitrogens is 2. The van der Waals surface area contributed by atoms with Gasteiger partial charge in [0.25, 0.3) is 0 Å². The largest absolute Gasteiger partial charge is 0.369 e. The van der Waals surface area contributed by atoms with Crippen LogP contribution in [0.2, 0.25) is 0 Å². The number of hydrogen-bond donors (Lipinski definition) is 1. The Labute approximate surface area is 161 Å². The van der Waals surface area contributed by atoms with E-state index in [0.717, 1.165) is 49.4 Å². The van der Waals surface area contributed by atoms with Crippen LogP contribution in [0.5, 0.6) is 0 Å². The summed E-state index contributed by atoms with van der Waals surface area (Å²) in [7, 11) is 0. The number of para-hydroxylation sites is 1. The molecule has 0 saturated carbocycles. The standard InChI is InChI=1S/C22H27N5/c1-22(2,25-21-20-18(10-12-24-21)7-6-11-23-20)17-26-13-15-27(16-14-26)19-8-4-3-5-9-19/h3-12H,13-17H2,1-2H3,(H,24,25). The van der Waals surface area contributed by atoms with Gasteiger partial charge in [0, 0.05) is 61.7 Å².